The minimum absolute atomic E-state index is 0.0676. The minimum Gasteiger partial charge on any atom is -0.393 e. The van der Waals surface area contributed by atoms with E-state index in [0.717, 1.165) is 32.5 Å². The Morgan fingerprint density at radius 1 is 1.33 bits per heavy atom. The average molecular weight is 246 g/mol. The van der Waals surface area contributed by atoms with Crippen molar-refractivity contribution >= 4 is 5.91 Å². The standard InChI is InChI=1S/C14H18N2O2/c15-13(18)11-3-1-10(2-4-11)7-16-8-14(9-16)5-12(17)6-14/h1-4,12,17H,5-9H2,(H2,15,18). The molecule has 2 fully saturated rings. The van der Waals surface area contributed by atoms with Crippen LogP contribution in [0.15, 0.2) is 24.3 Å². The highest BCUT2D eigenvalue weighted by Gasteiger charge is 2.51. The van der Waals surface area contributed by atoms with E-state index < -0.39 is 0 Å². The van der Waals surface area contributed by atoms with Gasteiger partial charge in [-0.25, -0.2) is 0 Å². The Balaban J connectivity index is 1.54. The van der Waals surface area contributed by atoms with Gasteiger partial charge >= 0.3 is 0 Å². The quantitative estimate of drug-likeness (QED) is 0.826. The molecular formula is C14H18N2O2. The molecule has 2 aliphatic rings. The van der Waals surface area contributed by atoms with Crippen LogP contribution in [0.2, 0.25) is 0 Å². The molecule has 1 aliphatic heterocycles. The van der Waals surface area contributed by atoms with Crippen molar-refractivity contribution in [2.24, 2.45) is 11.1 Å². The summed E-state index contributed by atoms with van der Waals surface area (Å²) in [5.41, 5.74) is 7.37. The lowest BCUT2D eigenvalue weighted by Crippen LogP contribution is -2.63. The van der Waals surface area contributed by atoms with Crippen LogP contribution in [0.5, 0.6) is 0 Å². The van der Waals surface area contributed by atoms with E-state index in [9.17, 15) is 9.90 Å². The molecular weight excluding hydrogens is 228 g/mol. The molecule has 4 nitrogen and oxygen atoms in total. The van der Waals surface area contributed by atoms with Gasteiger partial charge in [0.25, 0.3) is 0 Å². The van der Waals surface area contributed by atoms with Crippen LogP contribution in [0.3, 0.4) is 0 Å². The Kier molecular flexibility index (Phi) is 2.64. The Bertz CT molecular complexity index is 455. The lowest BCUT2D eigenvalue weighted by atomic mass is 9.62. The third-order valence-electron chi connectivity index (χ3n) is 4.10. The number of carbonyl (C=O) groups excluding carboxylic acids is 1. The van der Waals surface area contributed by atoms with Crippen molar-refractivity contribution in [2.75, 3.05) is 13.1 Å². The number of hydrogen-bond acceptors (Lipinski definition) is 3. The molecule has 0 atom stereocenters. The van der Waals surface area contributed by atoms with Gasteiger partial charge in [0.1, 0.15) is 0 Å². The van der Waals surface area contributed by atoms with Gasteiger partial charge in [-0.3, -0.25) is 9.69 Å². The lowest BCUT2D eigenvalue weighted by molar-refractivity contribution is -0.131. The van der Waals surface area contributed by atoms with Gasteiger partial charge in [-0.15, -0.1) is 0 Å². The van der Waals surface area contributed by atoms with Gasteiger partial charge in [-0.2, -0.15) is 0 Å². The molecule has 96 valence electrons. The topological polar surface area (TPSA) is 66.6 Å². The number of hydrogen-bond donors (Lipinski definition) is 2. The molecule has 0 aromatic heterocycles. The predicted octanol–water partition coefficient (Wildman–Crippen LogP) is 0.742. The minimum atomic E-state index is -0.382. The molecule has 1 aliphatic carbocycles. The number of primary amides is 1. The summed E-state index contributed by atoms with van der Waals surface area (Å²) in [6, 6.07) is 7.47. The monoisotopic (exact) mass is 246 g/mol. The van der Waals surface area contributed by atoms with Gasteiger partial charge in [0.2, 0.25) is 5.91 Å². The highest BCUT2D eigenvalue weighted by atomic mass is 16.3. The van der Waals surface area contributed by atoms with E-state index in [1.165, 1.54) is 5.56 Å². The lowest BCUT2D eigenvalue weighted by Gasteiger charge is -2.58. The molecule has 1 spiro atoms. The first-order chi connectivity index (χ1) is 8.56. The Morgan fingerprint density at radius 3 is 2.44 bits per heavy atom. The fourth-order valence-corrected chi connectivity index (χ4v) is 3.24. The zero-order chi connectivity index (χ0) is 12.8. The molecule has 0 radical (unpaired) electrons. The molecule has 1 saturated carbocycles. The maximum atomic E-state index is 11.0. The number of nitrogens with zero attached hydrogens (tertiary/aromatic N) is 1. The Labute approximate surface area is 106 Å². The first-order valence-electron chi connectivity index (χ1n) is 6.36. The van der Waals surface area contributed by atoms with E-state index >= 15 is 0 Å². The largest absolute Gasteiger partial charge is 0.393 e. The second kappa shape index (κ2) is 4.07. The van der Waals surface area contributed by atoms with Gasteiger partial charge in [0.05, 0.1) is 6.10 Å². The molecule has 1 aromatic carbocycles. The summed E-state index contributed by atoms with van der Waals surface area (Å²) in [6.45, 7) is 3.08. The van der Waals surface area contributed by atoms with Gasteiger partial charge in [0.15, 0.2) is 0 Å². The molecule has 0 unspecified atom stereocenters. The van der Waals surface area contributed by atoms with Crippen LogP contribution < -0.4 is 5.73 Å². The fraction of sp³-hybridized carbons (Fsp3) is 0.500. The van der Waals surface area contributed by atoms with Crippen molar-refractivity contribution in [1.29, 1.82) is 0 Å². The van der Waals surface area contributed by atoms with Crippen molar-refractivity contribution in [3.05, 3.63) is 35.4 Å². The van der Waals surface area contributed by atoms with Crippen molar-refractivity contribution < 1.29 is 9.90 Å². The molecule has 1 saturated heterocycles. The van der Waals surface area contributed by atoms with Crippen molar-refractivity contribution in [2.45, 2.75) is 25.5 Å². The predicted molar refractivity (Wildman–Crippen MR) is 67.9 cm³/mol. The zero-order valence-electron chi connectivity index (χ0n) is 10.3. The molecule has 3 rings (SSSR count). The van der Waals surface area contributed by atoms with Crippen LogP contribution >= 0.6 is 0 Å². The second-order valence-electron chi connectivity index (χ2n) is 5.77. The van der Waals surface area contributed by atoms with Gasteiger partial charge < -0.3 is 10.8 Å². The molecule has 4 heteroatoms. The molecule has 18 heavy (non-hydrogen) atoms. The SMILES string of the molecule is NC(=O)c1ccc(CN2CC3(CC(O)C3)C2)cc1. The maximum Gasteiger partial charge on any atom is 0.248 e. The number of aliphatic hydroxyl groups is 1. The maximum absolute atomic E-state index is 11.0. The number of rotatable bonds is 3. The number of amides is 1. The summed E-state index contributed by atoms with van der Waals surface area (Å²) in [5.74, 6) is -0.382. The number of carbonyl (C=O) groups is 1. The molecule has 0 bridgehead atoms. The third kappa shape index (κ3) is 2.02. The normalized spacial score (nSPS) is 22.5. The van der Waals surface area contributed by atoms with Crippen LogP contribution in [-0.4, -0.2) is 35.1 Å². The van der Waals surface area contributed by atoms with E-state index in [-0.39, 0.29) is 12.0 Å². The molecule has 3 N–H and O–H groups in total. The third-order valence-corrected chi connectivity index (χ3v) is 4.10. The van der Waals surface area contributed by atoms with E-state index in [1.807, 2.05) is 12.1 Å². The van der Waals surface area contributed by atoms with E-state index in [0.29, 0.717) is 11.0 Å². The summed E-state index contributed by atoms with van der Waals surface area (Å²) in [4.78, 5) is 13.3. The van der Waals surface area contributed by atoms with Crippen molar-refractivity contribution in [3.8, 4) is 0 Å². The fourth-order valence-electron chi connectivity index (χ4n) is 3.24. The van der Waals surface area contributed by atoms with Crippen LogP contribution in [0, 0.1) is 5.41 Å². The number of likely N-dealkylation sites (tertiary alicyclic amines) is 1. The number of aliphatic hydroxyl groups excluding tert-OH is 1. The van der Waals surface area contributed by atoms with E-state index in [2.05, 4.69) is 4.90 Å². The zero-order valence-corrected chi connectivity index (χ0v) is 10.3. The first kappa shape index (κ1) is 11.7. The summed E-state index contributed by atoms with van der Waals surface area (Å²) in [6.07, 6.45) is 1.86. The van der Waals surface area contributed by atoms with Crippen LogP contribution in [0.1, 0.15) is 28.8 Å². The Morgan fingerprint density at radius 2 is 1.94 bits per heavy atom. The van der Waals surface area contributed by atoms with Gasteiger partial charge in [-0.05, 0) is 30.5 Å². The number of benzene rings is 1. The van der Waals surface area contributed by atoms with Crippen LogP contribution in [0.4, 0.5) is 0 Å². The molecule has 1 heterocycles. The smallest absolute Gasteiger partial charge is 0.248 e. The van der Waals surface area contributed by atoms with Crippen LogP contribution in [-0.2, 0) is 6.54 Å². The second-order valence-corrected chi connectivity index (χ2v) is 5.77. The van der Waals surface area contributed by atoms with Crippen molar-refractivity contribution in [1.82, 2.24) is 4.90 Å². The van der Waals surface area contributed by atoms with Crippen LogP contribution in [0.25, 0.3) is 0 Å². The van der Waals surface area contributed by atoms with Gasteiger partial charge in [0, 0.05) is 30.6 Å². The Hall–Kier alpha value is -1.39. The van der Waals surface area contributed by atoms with E-state index in [1.54, 1.807) is 12.1 Å². The molecule has 1 amide bonds. The van der Waals surface area contributed by atoms with E-state index in [4.69, 9.17) is 5.73 Å². The number of nitrogens with two attached hydrogens (primary N) is 1. The first-order valence-corrected chi connectivity index (χ1v) is 6.36. The van der Waals surface area contributed by atoms with Gasteiger partial charge in [-0.1, -0.05) is 12.1 Å². The average Bonchev–Trinajstić information content (AvgIpc) is 2.25. The summed E-state index contributed by atoms with van der Waals surface area (Å²) in [7, 11) is 0. The highest BCUT2D eigenvalue weighted by molar-refractivity contribution is 5.92. The molecule has 1 aromatic rings. The summed E-state index contributed by atoms with van der Waals surface area (Å²) in [5, 5.41) is 9.34. The summed E-state index contributed by atoms with van der Waals surface area (Å²) >= 11 is 0. The summed E-state index contributed by atoms with van der Waals surface area (Å²) < 4.78 is 0. The van der Waals surface area contributed by atoms with Crippen molar-refractivity contribution in [3.63, 3.8) is 0 Å². The highest BCUT2D eigenvalue weighted by Crippen LogP contribution is 2.48.